The zero-order chi connectivity index (χ0) is 15.2. The zero-order valence-corrected chi connectivity index (χ0v) is 13.6. The molecule has 4 heteroatoms. The normalized spacial score (nSPS) is 44.5. The summed E-state index contributed by atoms with van der Waals surface area (Å²) in [5.41, 5.74) is -1.52. The molecule has 0 spiro atoms. The molecule has 2 aliphatic rings. The van der Waals surface area contributed by atoms with E-state index < -0.39 is 16.7 Å². The number of isothiocyanates is 1. The summed E-state index contributed by atoms with van der Waals surface area (Å²) in [4.78, 5) is 4.31. The lowest BCUT2D eigenvalue weighted by molar-refractivity contribution is -0.0644. The van der Waals surface area contributed by atoms with Crippen molar-refractivity contribution in [1.82, 2.24) is 0 Å². The van der Waals surface area contributed by atoms with Crippen LogP contribution in [0.1, 0.15) is 53.4 Å². The number of hydrogen-bond donors (Lipinski definition) is 2. The second kappa shape index (κ2) is 5.03. The van der Waals surface area contributed by atoms with Crippen molar-refractivity contribution in [3.8, 4) is 0 Å². The summed E-state index contributed by atoms with van der Waals surface area (Å²) in [5, 5.41) is 24.2. The molecule has 0 amide bonds. The van der Waals surface area contributed by atoms with Gasteiger partial charge in [0, 0.05) is 0 Å². The first-order chi connectivity index (χ1) is 9.15. The molecule has 1 saturated carbocycles. The van der Waals surface area contributed by atoms with Crippen molar-refractivity contribution in [3.05, 3.63) is 11.6 Å². The van der Waals surface area contributed by atoms with Crippen molar-refractivity contribution in [2.75, 3.05) is 0 Å². The van der Waals surface area contributed by atoms with Crippen molar-refractivity contribution in [1.29, 1.82) is 0 Å². The zero-order valence-electron chi connectivity index (χ0n) is 12.8. The minimum atomic E-state index is -1.01. The van der Waals surface area contributed by atoms with Gasteiger partial charge in [-0.05, 0) is 69.2 Å². The van der Waals surface area contributed by atoms with Gasteiger partial charge in [-0.1, -0.05) is 19.9 Å². The summed E-state index contributed by atoms with van der Waals surface area (Å²) in [6.07, 6.45) is 4.69. The number of hydrogen-bond acceptors (Lipinski definition) is 4. The van der Waals surface area contributed by atoms with Gasteiger partial charge in [0.2, 0.25) is 0 Å². The van der Waals surface area contributed by atoms with Crippen LogP contribution in [0.25, 0.3) is 0 Å². The van der Waals surface area contributed by atoms with Crippen LogP contribution in [0.2, 0.25) is 0 Å². The summed E-state index contributed by atoms with van der Waals surface area (Å²) >= 11 is 4.78. The Morgan fingerprint density at radius 2 is 1.95 bits per heavy atom. The van der Waals surface area contributed by atoms with Crippen LogP contribution in [0.5, 0.6) is 0 Å². The van der Waals surface area contributed by atoms with Gasteiger partial charge in [-0.2, -0.15) is 0 Å². The van der Waals surface area contributed by atoms with Crippen LogP contribution < -0.4 is 0 Å². The molecule has 2 rings (SSSR count). The highest BCUT2D eigenvalue weighted by molar-refractivity contribution is 7.78. The van der Waals surface area contributed by atoms with Crippen molar-refractivity contribution in [2.45, 2.75) is 70.1 Å². The summed E-state index contributed by atoms with van der Waals surface area (Å²) < 4.78 is 0. The Labute approximate surface area is 126 Å². The molecule has 0 aliphatic heterocycles. The molecule has 0 heterocycles. The summed E-state index contributed by atoms with van der Waals surface area (Å²) in [6, 6.07) is 0. The molecule has 0 aromatic heterocycles. The first-order valence-corrected chi connectivity index (χ1v) is 7.83. The maximum Gasteiger partial charge on any atom is 0.112 e. The van der Waals surface area contributed by atoms with E-state index in [2.05, 4.69) is 24.0 Å². The SMILES string of the molecule is CC(C)[C@@H]1CC[C@](C)(N=C=S)[C@]2(O)CC[C@@](C)(O)C=C12. The molecule has 2 aliphatic carbocycles. The molecule has 0 aromatic rings. The minimum Gasteiger partial charge on any atom is -0.386 e. The molecule has 1 fully saturated rings. The van der Waals surface area contributed by atoms with E-state index in [-0.39, 0.29) is 0 Å². The fraction of sp³-hybridized carbons (Fsp3) is 0.812. The molecule has 112 valence electrons. The van der Waals surface area contributed by atoms with Gasteiger partial charge in [0.1, 0.15) is 11.1 Å². The average molecular weight is 295 g/mol. The van der Waals surface area contributed by atoms with Crippen LogP contribution in [0, 0.1) is 11.8 Å². The Kier molecular flexibility index (Phi) is 3.98. The molecule has 0 bridgehead atoms. The van der Waals surface area contributed by atoms with E-state index in [0.29, 0.717) is 24.7 Å². The van der Waals surface area contributed by atoms with Crippen molar-refractivity contribution >= 4 is 17.4 Å². The van der Waals surface area contributed by atoms with Gasteiger partial charge >= 0.3 is 0 Å². The third kappa shape index (κ3) is 2.39. The smallest absolute Gasteiger partial charge is 0.112 e. The maximum absolute atomic E-state index is 11.3. The molecule has 2 N–H and O–H groups in total. The van der Waals surface area contributed by atoms with Crippen LogP contribution >= 0.6 is 12.2 Å². The van der Waals surface area contributed by atoms with E-state index in [1.807, 2.05) is 19.9 Å². The fourth-order valence-corrected chi connectivity index (χ4v) is 4.04. The molecule has 0 radical (unpaired) electrons. The molecule has 0 aromatic carbocycles. The van der Waals surface area contributed by atoms with Gasteiger partial charge in [0.15, 0.2) is 0 Å². The van der Waals surface area contributed by atoms with Gasteiger partial charge in [-0.25, -0.2) is 4.99 Å². The lowest BCUT2D eigenvalue weighted by Crippen LogP contribution is -2.60. The number of nitrogens with zero attached hydrogens (tertiary/aromatic N) is 1. The number of fused-ring (bicyclic) bond motifs is 1. The van der Waals surface area contributed by atoms with Gasteiger partial charge < -0.3 is 10.2 Å². The Hall–Kier alpha value is -0.540. The lowest BCUT2D eigenvalue weighted by Gasteiger charge is -2.54. The predicted octanol–water partition coefficient (Wildman–Crippen LogP) is 3.12. The van der Waals surface area contributed by atoms with Crippen LogP contribution in [0.15, 0.2) is 16.6 Å². The van der Waals surface area contributed by atoms with Gasteiger partial charge in [-0.15, -0.1) is 0 Å². The topological polar surface area (TPSA) is 52.8 Å². The number of aliphatic imine (C=N–C) groups is 1. The monoisotopic (exact) mass is 295 g/mol. The number of aliphatic hydroxyl groups is 2. The third-order valence-corrected chi connectivity index (χ3v) is 5.36. The van der Waals surface area contributed by atoms with Crippen molar-refractivity contribution < 1.29 is 10.2 Å². The standard InChI is InChI=1S/C16H25NO2S/c1-11(2)12-5-6-15(4,17-10-20)16(19)8-7-14(3,18)9-13(12)16/h9,11-12,18-19H,5-8H2,1-4H3/t12-,14+,15-,16-/m0/s1. The number of rotatable bonds is 2. The quantitative estimate of drug-likeness (QED) is 0.467. The van der Waals surface area contributed by atoms with Crippen LogP contribution in [0.3, 0.4) is 0 Å². The number of thiocarbonyl (C=S) groups is 1. The highest BCUT2D eigenvalue weighted by atomic mass is 32.1. The van der Waals surface area contributed by atoms with E-state index in [4.69, 9.17) is 12.2 Å². The molecular formula is C16H25NO2S. The second-order valence-electron chi connectivity index (χ2n) is 7.18. The first kappa shape index (κ1) is 15.8. The van der Waals surface area contributed by atoms with E-state index in [1.165, 1.54) is 0 Å². The summed E-state index contributed by atoms with van der Waals surface area (Å²) in [7, 11) is 0. The summed E-state index contributed by atoms with van der Waals surface area (Å²) in [6.45, 7) is 8.10. The Balaban J connectivity index is 2.56. The largest absolute Gasteiger partial charge is 0.386 e. The highest BCUT2D eigenvalue weighted by Crippen LogP contribution is 2.53. The van der Waals surface area contributed by atoms with Crippen LogP contribution in [-0.4, -0.2) is 32.1 Å². The van der Waals surface area contributed by atoms with E-state index in [0.717, 1.165) is 18.4 Å². The van der Waals surface area contributed by atoms with E-state index >= 15 is 0 Å². The minimum absolute atomic E-state index is 0.292. The Morgan fingerprint density at radius 3 is 2.50 bits per heavy atom. The van der Waals surface area contributed by atoms with Gasteiger partial charge in [0.05, 0.1) is 10.8 Å². The van der Waals surface area contributed by atoms with Crippen molar-refractivity contribution in [3.63, 3.8) is 0 Å². The maximum atomic E-state index is 11.3. The van der Waals surface area contributed by atoms with E-state index in [9.17, 15) is 10.2 Å². The van der Waals surface area contributed by atoms with Crippen molar-refractivity contribution in [2.24, 2.45) is 16.8 Å². The van der Waals surface area contributed by atoms with Gasteiger partial charge in [0.25, 0.3) is 0 Å². The third-order valence-electron chi connectivity index (χ3n) is 5.27. The molecule has 0 unspecified atom stereocenters. The van der Waals surface area contributed by atoms with E-state index in [1.54, 1.807) is 0 Å². The summed E-state index contributed by atoms with van der Waals surface area (Å²) in [5.74, 6) is 0.725. The molecule has 20 heavy (non-hydrogen) atoms. The average Bonchev–Trinajstić information content (AvgIpc) is 2.32. The fourth-order valence-electron chi connectivity index (χ4n) is 3.84. The second-order valence-corrected chi connectivity index (χ2v) is 7.37. The highest BCUT2D eigenvalue weighted by Gasteiger charge is 2.57. The Morgan fingerprint density at radius 1 is 1.30 bits per heavy atom. The lowest BCUT2D eigenvalue weighted by atomic mass is 9.56. The van der Waals surface area contributed by atoms with Gasteiger partial charge in [-0.3, -0.25) is 0 Å². The first-order valence-electron chi connectivity index (χ1n) is 7.42. The molecule has 0 saturated heterocycles. The molecule has 4 atom stereocenters. The molecular weight excluding hydrogens is 270 g/mol. The molecule has 3 nitrogen and oxygen atoms in total. The Bertz CT molecular complexity index is 479. The van der Waals surface area contributed by atoms with Crippen LogP contribution in [0.4, 0.5) is 0 Å². The predicted molar refractivity (Wildman–Crippen MR) is 83.9 cm³/mol. The van der Waals surface area contributed by atoms with Crippen LogP contribution in [-0.2, 0) is 0 Å².